The maximum atomic E-state index is 13.7. The van der Waals surface area contributed by atoms with Crippen molar-refractivity contribution in [1.82, 2.24) is 36.2 Å². The number of azide groups is 2. The summed E-state index contributed by atoms with van der Waals surface area (Å²) in [5, 5.41) is 35.7. The maximum Gasteiger partial charge on any atom is 0.408 e. The number of alkyl halides is 12. The first-order valence-electron chi connectivity index (χ1n) is 39.1. The van der Waals surface area contributed by atoms with Crippen LogP contribution in [0.5, 0.6) is 0 Å². The van der Waals surface area contributed by atoms with Gasteiger partial charge in [-0.25, -0.2) is 90.6 Å². The minimum Gasteiger partial charge on any atom is -0.444 e. The quantitative estimate of drug-likeness (QED) is 0.0148. The average Bonchev–Trinajstić information content (AvgIpc) is 0.787. The lowest BCUT2D eigenvalue weighted by Gasteiger charge is -2.36. The third-order valence-electron chi connectivity index (χ3n) is 18.6. The average molecular weight is 1840 g/mol. The molecule has 3 heterocycles. The van der Waals surface area contributed by atoms with Gasteiger partial charge >= 0.3 is 24.4 Å². The zero-order chi connectivity index (χ0) is 94.7. The lowest BCUT2D eigenvalue weighted by Crippen LogP contribution is -2.60. The Kier molecular flexibility index (Phi) is 41.3. The van der Waals surface area contributed by atoms with Gasteiger partial charge in [-0.1, -0.05) is 51.1 Å². The summed E-state index contributed by atoms with van der Waals surface area (Å²) in [4.78, 5) is 62.1. The van der Waals surface area contributed by atoms with Crippen molar-refractivity contribution in [3.05, 3.63) is 108 Å². The fourth-order valence-electron chi connectivity index (χ4n) is 12.7. The van der Waals surface area contributed by atoms with Gasteiger partial charge in [-0.15, -0.1) is 0 Å². The summed E-state index contributed by atoms with van der Waals surface area (Å²) in [7, 11) is 0. The first kappa shape index (κ1) is 109. The number of pyridine rings is 3. The number of ether oxygens (including phenoxy) is 4. The van der Waals surface area contributed by atoms with Crippen LogP contribution in [0.3, 0.4) is 0 Å². The van der Waals surface area contributed by atoms with E-state index in [1.807, 2.05) is 30.3 Å². The Morgan fingerprint density at radius 3 is 1.23 bits per heavy atom. The first-order chi connectivity index (χ1) is 56.9. The predicted octanol–water partition coefficient (Wildman–Crippen LogP) is 18.2. The third-order valence-corrected chi connectivity index (χ3v) is 19.5. The normalized spacial score (nSPS) is 24.8. The Morgan fingerprint density at radius 2 is 0.831 bits per heavy atom. The number of aromatic nitrogens is 3. The molecule has 0 bridgehead atoms. The highest BCUT2D eigenvalue weighted by Crippen LogP contribution is 2.40. The highest BCUT2D eigenvalue weighted by Gasteiger charge is 2.52. The van der Waals surface area contributed by atoms with Gasteiger partial charge in [0.2, 0.25) is 0 Å². The number of fused-ring (bicyclic) bond motifs is 1. The van der Waals surface area contributed by atoms with E-state index in [1.165, 1.54) is 0 Å². The van der Waals surface area contributed by atoms with E-state index >= 15 is 0 Å². The van der Waals surface area contributed by atoms with E-state index in [1.54, 1.807) is 101 Å². The number of nitriles is 2. The molecule has 4 amide bonds. The number of anilines is 2. The molecule has 6 aliphatic carbocycles. The van der Waals surface area contributed by atoms with E-state index in [2.05, 4.69) is 61.6 Å². The van der Waals surface area contributed by atoms with Crippen molar-refractivity contribution < 1.29 is 99.6 Å². The minimum absolute atomic E-state index is 0.0198. The molecule has 12 atom stereocenters. The molecule has 694 valence electrons. The van der Waals surface area contributed by atoms with Gasteiger partial charge in [0.15, 0.2) is 22.6 Å². The minimum atomic E-state index is -3.11. The van der Waals surface area contributed by atoms with Crippen molar-refractivity contribution in [2.24, 2.45) is 38.9 Å². The van der Waals surface area contributed by atoms with E-state index in [0.717, 1.165) is 28.7 Å². The van der Waals surface area contributed by atoms with Crippen LogP contribution >= 0.6 is 34.8 Å². The maximum absolute atomic E-state index is 13.7. The first-order valence-corrected chi connectivity index (χ1v) is 40.2. The molecule has 10 rings (SSSR count). The number of amides is 4. The lowest BCUT2D eigenvalue weighted by atomic mass is 9.87. The molecular weight excluding hydrogens is 1730 g/mol. The van der Waals surface area contributed by atoms with Crippen LogP contribution in [0.1, 0.15) is 210 Å². The Labute approximate surface area is 723 Å². The fraction of sp³-hybridized carbons (Fsp3) is 0.675. The summed E-state index contributed by atoms with van der Waals surface area (Å²) in [5.41, 5.74) is 48.3. The van der Waals surface area contributed by atoms with Gasteiger partial charge in [0.05, 0.1) is 40.8 Å². The molecule has 0 unspecified atom stereocenters. The summed E-state index contributed by atoms with van der Waals surface area (Å²) < 4.78 is 207. The van der Waals surface area contributed by atoms with Crippen LogP contribution in [-0.4, -0.2) is 170 Å². The second-order valence-electron chi connectivity index (χ2n) is 33.7. The molecule has 1 aromatic carbocycles. The number of nitrogens with zero attached hydrogens (tertiary/aromatic N) is 11. The number of hydrogen-bond donors (Lipinski definition) is 11. The number of hydrogen-bond acceptors (Lipinski definition) is 22. The number of halogens is 17. The lowest BCUT2D eigenvalue weighted by molar-refractivity contribution is -0.0716. The standard InChI is InChI=1S/C12H12ClF3N4.2C11H18F2N4O2.2C11H20F2N2O2.C9H8N2.C6HCl2FN2.C6H12F2N2/c13-10-6(5-17)4-7(14)11(20-10)19-8-2-1-3-12(15,16)9(8)18;2*1-10(2,3)19-9(18)15-7-5-4-6-11(12,13)8(7)16-17-14;1-10(2,3)17-9(16)15-7-5-4-6-11(12,13)8(7)14;1-10(2,3)17-9(16)15-8-7(14)5-4-6-11(8,12)13;10-8-3-4-9-7(6-8)2-1-5-11-9;7-5-3(2-10)1-4(9)6(8)11-5;7-6(8)3-1-2-4(9)5(6)10/h4,8-9H,1-3,18H2,(H,19,20);2*7-8H,4-6H2,1-3H3,(H,15,18);2*7-8H,4-6,14H2,1-3H3,(H,15,16);1-6H,10H2;1H;4-5H,1-3,9-10H2/t8-,9-;2*7-,8-;7-,8+;7-,8-;;;4-,5+/m11111..1/s1. The number of rotatable bonds is 8. The molecule has 0 aliphatic heterocycles. The second-order valence-corrected chi connectivity index (χ2v) is 34.8. The number of nitrogens with one attached hydrogen (secondary N) is 5. The molecule has 0 saturated heterocycles. The molecule has 30 nitrogen and oxygen atoms in total. The number of benzene rings is 1. The van der Waals surface area contributed by atoms with Crippen molar-refractivity contribution in [3.8, 4) is 12.1 Å². The fourth-order valence-corrected chi connectivity index (χ4v) is 13.2. The SMILES string of the molecule is CC(C)(C)OC(=O)N[C@@H]1CCCC(F)(F)[C@@H]1N=[N+]=[N-].CC(C)(C)OC(=O)N[C@@H]1CCCC(F)(F)[C@@H]1N=[N+]=[N-].CC(C)(C)OC(=O)N[C@@H]1CCCC(F)(F)[C@H]1N.CC(C)(C)OC(=O)N[C@@H]1[C@H](N)CCCC1(F)F.N#Cc1cc(F)c(Cl)nc1Cl.N#Cc1cc(F)c(N[C@@H]2CCCC(F)(F)[C@@H]2N)nc1Cl.N[C@@H]1CCCC(F)(F)[C@H]1N.Nc1ccc2ncccc2c1. The van der Waals surface area contributed by atoms with E-state index in [-0.39, 0.29) is 90.2 Å². The molecule has 47 heteroatoms. The van der Waals surface area contributed by atoms with Crippen LogP contribution in [0.2, 0.25) is 15.5 Å². The Balaban J connectivity index is 0.000000369. The van der Waals surface area contributed by atoms with Crippen LogP contribution in [-0.2, 0) is 18.9 Å². The van der Waals surface area contributed by atoms with Crippen LogP contribution in [0.25, 0.3) is 31.8 Å². The molecule has 6 aliphatic rings. The molecule has 17 N–H and O–H groups in total. The summed E-state index contributed by atoms with van der Waals surface area (Å²) in [6, 6.07) is 1.81. The predicted molar refractivity (Wildman–Crippen MR) is 438 cm³/mol. The van der Waals surface area contributed by atoms with Crippen LogP contribution in [0, 0.1) is 34.3 Å². The Morgan fingerprint density at radius 1 is 0.476 bits per heavy atom. The molecule has 0 spiro atoms. The van der Waals surface area contributed by atoms with Gasteiger partial charge in [0, 0.05) is 95.8 Å². The highest BCUT2D eigenvalue weighted by atomic mass is 35.5. The van der Waals surface area contributed by atoms with Gasteiger partial charge < -0.3 is 79.9 Å². The molecular formula is C77H109Cl3F14N22O8. The van der Waals surface area contributed by atoms with E-state index < -0.39 is 166 Å². The molecule has 6 saturated carbocycles. The summed E-state index contributed by atoms with van der Waals surface area (Å²) in [5.74, 6) is -19.7. The summed E-state index contributed by atoms with van der Waals surface area (Å²) in [6.07, 6.45) is 1.72. The molecule has 6 fully saturated rings. The van der Waals surface area contributed by atoms with E-state index in [9.17, 15) is 80.6 Å². The summed E-state index contributed by atoms with van der Waals surface area (Å²) in [6.45, 7) is 20.2. The van der Waals surface area contributed by atoms with Crippen molar-refractivity contribution in [2.75, 3.05) is 11.1 Å². The van der Waals surface area contributed by atoms with Gasteiger partial charge in [-0.05, 0) is 208 Å². The van der Waals surface area contributed by atoms with Crippen LogP contribution < -0.4 is 61.0 Å². The van der Waals surface area contributed by atoms with E-state index in [0.29, 0.717) is 57.8 Å². The van der Waals surface area contributed by atoms with Crippen LogP contribution in [0.15, 0.2) is 58.9 Å². The number of carbonyl (C=O) groups excluding carboxylic acids is 4. The molecule has 4 aromatic rings. The Bertz CT molecular complexity index is 4280. The molecule has 3 aromatic heterocycles. The molecule has 124 heavy (non-hydrogen) atoms. The zero-order valence-corrected chi connectivity index (χ0v) is 72.6. The molecule has 0 radical (unpaired) electrons. The van der Waals surface area contributed by atoms with Crippen LogP contribution in [0.4, 0.5) is 92.1 Å². The third kappa shape index (κ3) is 37.2. The smallest absolute Gasteiger partial charge is 0.408 e. The van der Waals surface area contributed by atoms with Crippen molar-refractivity contribution >= 4 is 81.6 Å². The monoisotopic (exact) mass is 1840 g/mol. The Hall–Kier alpha value is -9.10. The largest absolute Gasteiger partial charge is 0.444 e. The van der Waals surface area contributed by atoms with Crippen molar-refractivity contribution in [1.29, 1.82) is 10.5 Å². The van der Waals surface area contributed by atoms with Gasteiger partial charge in [-0.3, -0.25) is 4.98 Å². The van der Waals surface area contributed by atoms with Gasteiger partial charge in [-0.2, -0.15) is 10.5 Å². The number of nitrogens with two attached hydrogens (primary N) is 6. The van der Waals surface area contributed by atoms with Crippen molar-refractivity contribution in [2.45, 2.75) is 329 Å². The summed E-state index contributed by atoms with van der Waals surface area (Å²) >= 11 is 16.4. The number of alkyl carbamates (subject to hydrolysis) is 4. The second kappa shape index (κ2) is 46.9. The topological polar surface area (TPSA) is 505 Å². The number of nitrogen functional groups attached to an aromatic ring is 1. The van der Waals surface area contributed by atoms with Crippen molar-refractivity contribution in [3.63, 3.8) is 0 Å². The van der Waals surface area contributed by atoms with Gasteiger partial charge in [0.1, 0.15) is 63.0 Å². The van der Waals surface area contributed by atoms with E-state index in [4.69, 9.17) is 110 Å². The zero-order valence-electron chi connectivity index (χ0n) is 70.3. The van der Waals surface area contributed by atoms with Gasteiger partial charge in [0.25, 0.3) is 35.5 Å². The highest BCUT2D eigenvalue weighted by molar-refractivity contribution is 6.33. The number of carbonyl (C=O) groups is 4.